The van der Waals surface area contributed by atoms with E-state index < -0.39 is 10.0 Å². The Morgan fingerprint density at radius 2 is 2.10 bits per heavy atom. The quantitative estimate of drug-likeness (QED) is 0.746. The van der Waals surface area contributed by atoms with Crippen molar-refractivity contribution < 1.29 is 8.42 Å². The van der Waals surface area contributed by atoms with Gasteiger partial charge in [-0.25, -0.2) is 8.42 Å². The van der Waals surface area contributed by atoms with Crippen LogP contribution < -0.4 is 4.72 Å². The Morgan fingerprint density at radius 1 is 1.24 bits per heavy atom. The van der Waals surface area contributed by atoms with Crippen LogP contribution in [0.25, 0.3) is 0 Å². The first-order chi connectivity index (χ1) is 10.1. The molecule has 8 heteroatoms. The lowest BCUT2D eigenvalue weighted by Crippen LogP contribution is -2.14. The molecular weight excluding hydrogens is 290 g/mol. The summed E-state index contributed by atoms with van der Waals surface area (Å²) in [4.78, 5) is 0.0939. The molecule has 0 saturated heterocycles. The fraction of sp³-hybridized carbons (Fsp3) is 0.0769. The number of para-hydroxylation sites is 1. The molecule has 1 aromatic carbocycles. The lowest BCUT2D eigenvalue weighted by molar-refractivity contribution is 0.601. The lowest BCUT2D eigenvalue weighted by atomic mass is 10.2. The molecule has 0 spiro atoms. The molecule has 0 bridgehead atoms. The number of anilines is 1. The summed E-state index contributed by atoms with van der Waals surface area (Å²) in [5.41, 5.74) is 1.35. The molecule has 0 radical (unpaired) electrons. The van der Waals surface area contributed by atoms with Crippen molar-refractivity contribution in [3.8, 4) is 0 Å². The van der Waals surface area contributed by atoms with Crippen molar-refractivity contribution in [1.82, 2.24) is 20.0 Å². The normalized spacial score (nSPS) is 11.4. The minimum Gasteiger partial charge on any atom is -0.284 e. The highest BCUT2D eigenvalue weighted by Gasteiger charge is 2.16. The minimum absolute atomic E-state index is 0.0939. The van der Waals surface area contributed by atoms with Gasteiger partial charge in [-0.1, -0.05) is 18.2 Å². The second-order valence-electron chi connectivity index (χ2n) is 4.40. The molecule has 0 aliphatic rings. The Kier molecular flexibility index (Phi) is 3.44. The van der Waals surface area contributed by atoms with Gasteiger partial charge >= 0.3 is 0 Å². The molecule has 3 aromatic rings. The van der Waals surface area contributed by atoms with Crippen LogP contribution >= 0.6 is 0 Å². The zero-order valence-corrected chi connectivity index (χ0v) is 11.8. The van der Waals surface area contributed by atoms with E-state index in [4.69, 9.17) is 0 Å². The van der Waals surface area contributed by atoms with Crippen molar-refractivity contribution in [3.63, 3.8) is 0 Å². The van der Waals surface area contributed by atoms with E-state index >= 15 is 0 Å². The van der Waals surface area contributed by atoms with E-state index in [1.165, 1.54) is 12.4 Å². The molecule has 2 aromatic heterocycles. The topological polar surface area (TPSA) is 92.7 Å². The second kappa shape index (κ2) is 5.41. The van der Waals surface area contributed by atoms with Crippen LogP contribution in [0.3, 0.4) is 0 Å². The molecule has 0 unspecified atom stereocenters. The SMILES string of the molecule is O=S(=O)(Nc1ccccc1Cn1cccn1)c1cn[nH]c1. The van der Waals surface area contributed by atoms with Gasteiger partial charge in [-0.05, 0) is 17.7 Å². The number of rotatable bonds is 5. The smallest absolute Gasteiger partial charge is 0.265 e. The van der Waals surface area contributed by atoms with Crippen molar-refractivity contribution in [2.75, 3.05) is 4.72 Å². The standard InChI is InChI=1S/C13H13N5O2S/c19-21(20,12-8-14-15-9-12)17-13-5-2-1-4-11(13)10-18-7-3-6-16-18/h1-9,17H,10H2,(H,14,15). The molecule has 0 atom stereocenters. The molecule has 0 aliphatic heterocycles. The third-order valence-corrected chi connectivity index (χ3v) is 4.27. The molecule has 0 aliphatic carbocycles. The van der Waals surface area contributed by atoms with Crippen LogP contribution in [0.15, 0.2) is 60.0 Å². The number of benzene rings is 1. The molecule has 2 N–H and O–H groups in total. The molecular formula is C13H13N5O2S. The molecule has 0 amide bonds. The largest absolute Gasteiger partial charge is 0.284 e. The Morgan fingerprint density at radius 3 is 2.81 bits per heavy atom. The summed E-state index contributed by atoms with van der Waals surface area (Å²) in [6.07, 6.45) is 6.09. The summed E-state index contributed by atoms with van der Waals surface area (Å²) >= 11 is 0. The maximum absolute atomic E-state index is 12.2. The first-order valence-corrected chi connectivity index (χ1v) is 7.70. The van der Waals surface area contributed by atoms with Crippen LogP contribution in [-0.4, -0.2) is 28.4 Å². The third-order valence-electron chi connectivity index (χ3n) is 2.94. The number of nitrogens with one attached hydrogen (secondary N) is 2. The first-order valence-electron chi connectivity index (χ1n) is 6.22. The summed E-state index contributed by atoms with van der Waals surface area (Å²) in [5.74, 6) is 0. The first kappa shape index (κ1) is 13.4. The third kappa shape index (κ3) is 2.95. The number of aromatic amines is 1. The van der Waals surface area contributed by atoms with Gasteiger partial charge < -0.3 is 0 Å². The summed E-state index contributed by atoms with van der Waals surface area (Å²) in [5, 5.41) is 10.3. The monoisotopic (exact) mass is 303 g/mol. The van der Waals surface area contributed by atoms with Crippen molar-refractivity contribution in [3.05, 3.63) is 60.7 Å². The summed E-state index contributed by atoms with van der Waals surface area (Å²) in [7, 11) is -3.64. The van der Waals surface area contributed by atoms with Crippen molar-refractivity contribution in [2.24, 2.45) is 0 Å². The van der Waals surface area contributed by atoms with Crippen molar-refractivity contribution in [1.29, 1.82) is 0 Å². The fourth-order valence-electron chi connectivity index (χ4n) is 1.92. The molecule has 0 fully saturated rings. The molecule has 7 nitrogen and oxygen atoms in total. The van der Waals surface area contributed by atoms with E-state index in [1.807, 2.05) is 24.4 Å². The van der Waals surface area contributed by atoms with E-state index in [0.29, 0.717) is 12.2 Å². The van der Waals surface area contributed by atoms with E-state index in [9.17, 15) is 8.42 Å². The number of hydrogen-bond acceptors (Lipinski definition) is 4. The van der Waals surface area contributed by atoms with Gasteiger partial charge in [0.1, 0.15) is 4.90 Å². The van der Waals surface area contributed by atoms with Gasteiger partial charge in [0.05, 0.1) is 18.4 Å². The van der Waals surface area contributed by atoms with Crippen LogP contribution in [0.5, 0.6) is 0 Å². The lowest BCUT2D eigenvalue weighted by Gasteiger charge is -2.11. The molecule has 0 saturated carbocycles. The van der Waals surface area contributed by atoms with Gasteiger partial charge in [-0.2, -0.15) is 10.2 Å². The molecule has 108 valence electrons. The Bertz CT molecular complexity index is 810. The number of aromatic nitrogens is 4. The maximum Gasteiger partial charge on any atom is 0.265 e. The summed E-state index contributed by atoms with van der Waals surface area (Å²) in [6.45, 7) is 0.483. The van der Waals surface area contributed by atoms with E-state index in [0.717, 1.165) is 5.56 Å². The zero-order valence-electron chi connectivity index (χ0n) is 11.0. The van der Waals surface area contributed by atoms with Gasteiger partial charge in [-0.3, -0.25) is 14.5 Å². The summed E-state index contributed by atoms with van der Waals surface area (Å²) in [6, 6.07) is 9.03. The predicted molar refractivity (Wildman–Crippen MR) is 77.2 cm³/mol. The molecule has 3 rings (SSSR count). The highest BCUT2D eigenvalue weighted by Crippen LogP contribution is 2.20. The van der Waals surface area contributed by atoms with Gasteiger partial charge in [0.15, 0.2) is 0 Å². The highest BCUT2D eigenvalue weighted by atomic mass is 32.2. The van der Waals surface area contributed by atoms with E-state index in [1.54, 1.807) is 23.0 Å². The van der Waals surface area contributed by atoms with Gasteiger partial charge in [0.25, 0.3) is 10.0 Å². The van der Waals surface area contributed by atoms with Crippen LogP contribution in [0.4, 0.5) is 5.69 Å². The van der Waals surface area contributed by atoms with Gasteiger partial charge in [-0.15, -0.1) is 0 Å². The fourth-order valence-corrected chi connectivity index (χ4v) is 2.92. The maximum atomic E-state index is 12.2. The van der Waals surface area contributed by atoms with Crippen molar-refractivity contribution >= 4 is 15.7 Å². The highest BCUT2D eigenvalue weighted by molar-refractivity contribution is 7.92. The average Bonchev–Trinajstić information content (AvgIpc) is 3.13. The Labute approximate surface area is 121 Å². The zero-order chi connectivity index (χ0) is 14.7. The van der Waals surface area contributed by atoms with Crippen LogP contribution in [0.1, 0.15) is 5.56 Å². The molecule has 2 heterocycles. The van der Waals surface area contributed by atoms with E-state index in [2.05, 4.69) is 20.0 Å². The van der Waals surface area contributed by atoms with Crippen LogP contribution in [-0.2, 0) is 16.6 Å². The van der Waals surface area contributed by atoms with Crippen LogP contribution in [0, 0.1) is 0 Å². The van der Waals surface area contributed by atoms with Gasteiger partial charge in [0, 0.05) is 18.6 Å². The number of sulfonamides is 1. The number of nitrogens with zero attached hydrogens (tertiary/aromatic N) is 3. The molecule has 21 heavy (non-hydrogen) atoms. The Balaban J connectivity index is 1.89. The van der Waals surface area contributed by atoms with E-state index in [-0.39, 0.29) is 4.90 Å². The van der Waals surface area contributed by atoms with Crippen molar-refractivity contribution in [2.45, 2.75) is 11.4 Å². The Hall–Kier alpha value is -2.61. The minimum atomic E-state index is -3.64. The number of hydrogen-bond donors (Lipinski definition) is 2. The average molecular weight is 303 g/mol. The second-order valence-corrected chi connectivity index (χ2v) is 6.08. The van der Waals surface area contributed by atoms with Gasteiger partial charge in [0.2, 0.25) is 0 Å². The predicted octanol–water partition coefficient (Wildman–Crippen LogP) is 1.46. The summed E-state index contributed by atoms with van der Waals surface area (Å²) < 4.78 is 28.7. The number of H-pyrrole nitrogens is 1. The van der Waals surface area contributed by atoms with Crippen LogP contribution in [0.2, 0.25) is 0 Å².